The lowest BCUT2D eigenvalue weighted by Gasteiger charge is -2.17. The molecule has 1 aliphatic rings. The van der Waals surface area contributed by atoms with Crippen LogP contribution in [-0.4, -0.2) is 29.3 Å². The van der Waals surface area contributed by atoms with Crippen LogP contribution in [0.25, 0.3) is 11.5 Å². The van der Waals surface area contributed by atoms with Crippen LogP contribution in [0, 0.1) is 0 Å². The molecule has 0 atom stereocenters. The van der Waals surface area contributed by atoms with Crippen LogP contribution in [0.4, 0.5) is 5.69 Å². The zero-order valence-electron chi connectivity index (χ0n) is 16.2. The largest absolute Gasteiger partial charge is 0.493 e. The number of nitrogens with one attached hydrogen (secondary N) is 1. The van der Waals surface area contributed by atoms with Crippen molar-refractivity contribution in [2.45, 2.75) is 44.6 Å². The van der Waals surface area contributed by atoms with Crippen molar-refractivity contribution < 1.29 is 18.7 Å². The number of nitrogens with zero attached hydrogens (tertiary/aromatic N) is 2. The van der Waals surface area contributed by atoms with Gasteiger partial charge in [-0.1, -0.05) is 0 Å². The van der Waals surface area contributed by atoms with Crippen LogP contribution >= 0.6 is 11.3 Å². The summed E-state index contributed by atoms with van der Waals surface area (Å²) in [6, 6.07) is 7.35. The van der Waals surface area contributed by atoms with Crippen molar-refractivity contribution in [3.63, 3.8) is 0 Å². The van der Waals surface area contributed by atoms with Crippen LogP contribution in [0.1, 0.15) is 38.0 Å². The van der Waals surface area contributed by atoms with E-state index >= 15 is 0 Å². The van der Waals surface area contributed by atoms with Crippen molar-refractivity contribution in [3.8, 4) is 23.0 Å². The summed E-state index contributed by atoms with van der Waals surface area (Å²) < 4.78 is 17.1. The Labute approximate surface area is 173 Å². The number of benzene rings is 1. The molecular formula is C21H23N3O4S. The summed E-state index contributed by atoms with van der Waals surface area (Å²) in [5.41, 5.74) is 1.57. The third-order valence-electron chi connectivity index (χ3n) is 4.84. The molecule has 2 heterocycles. The molecule has 7 nitrogen and oxygen atoms in total. The zero-order valence-corrected chi connectivity index (χ0v) is 17.0. The molecule has 0 aliphatic heterocycles. The Morgan fingerprint density at radius 3 is 2.86 bits per heavy atom. The quantitative estimate of drug-likeness (QED) is 0.576. The fourth-order valence-electron chi connectivity index (χ4n) is 3.33. The van der Waals surface area contributed by atoms with E-state index in [-0.39, 0.29) is 18.4 Å². The molecule has 1 saturated carbocycles. The van der Waals surface area contributed by atoms with Gasteiger partial charge in [0.2, 0.25) is 17.7 Å². The first-order valence-electron chi connectivity index (χ1n) is 9.71. The van der Waals surface area contributed by atoms with E-state index < -0.39 is 0 Å². The highest BCUT2D eigenvalue weighted by Crippen LogP contribution is 2.34. The summed E-state index contributed by atoms with van der Waals surface area (Å²) in [4.78, 5) is 12.4. The van der Waals surface area contributed by atoms with E-state index in [1.165, 1.54) is 12.8 Å². The first-order chi connectivity index (χ1) is 14.2. The summed E-state index contributed by atoms with van der Waals surface area (Å²) in [6.07, 6.45) is 5.32. The number of thiophene rings is 1. The van der Waals surface area contributed by atoms with Crippen molar-refractivity contribution in [1.29, 1.82) is 0 Å². The van der Waals surface area contributed by atoms with E-state index in [0.717, 1.165) is 18.4 Å². The molecule has 2 aromatic heterocycles. The second kappa shape index (κ2) is 9.09. The monoisotopic (exact) mass is 413 g/mol. The van der Waals surface area contributed by atoms with Crippen molar-refractivity contribution in [3.05, 3.63) is 40.9 Å². The van der Waals surface area contributed by atoms with Gasteiger partial charge >= 0.3 is 0 Å². The van der Waals surface area contributed by atoms with E-state index in [1.807, 2.05) is 29.0 Å². The molecule has 0 bridgehead atoms. The third kappa shape index (κ3) is 4.95. The molecule has 1 N–H and O–H groups in total. The average molecular weight is 413 g/mol. The fourth-order valence-corrected chi connectivity index (χ4v) is 3.96. The molecule has 8 heteroatoms. The number of anilines is 1. The SMILES string of the molecule is COc1ccc(NC(=O)CCc2nnc(-c3ccsc3)o2)cc1OC1CCCC1. The summed E-state index contributed by atoms with van der Waals surface area (Å²) in [5, 5.41) is 14.8. The first-order valence-corrected chi connectivity index (χ1v) is 10.6. The van der Waals surface area contributed by atoms with E-state index in [4.69, 9.17) is 13.9 Å². The van der Waals surface area contributed by atoms with Gasteiger partial charge in [0.1, 0.15) is 0 Å². The Balaban J connectivity index is 1.34. The molecule has 0 spiro atoms. The number of hydrogen-bond donors (Lipinski definition) is 1. The highest BCUT2D eigenvalue weighted by atomic mass is 32.1. The Morgan fingerprint density at radius 1 is 1.24 bits per heavy atom. The fraction of sp³-hybridized carbons (Fsp3) is 0.381. The standard InChI is InChI=1S/C21H23N3O4S/c1-26-17-7-6-15(12-18(17)27-16-4-2-3-5-16)22-19(25)8-9-20-23-24-21(28-20)14-10-11-29-13-14/h6-7,10-13,16H,2-5,8-9H2,1H3,(H,22,25). The number of carbonyl (C=O) groups excluding carboxylic acids is 1. The predicted molar refractivity (Wildman–Crippen MR) is 110 cm³/mol. The van der Waals surface area contributed by atoms with Gasteiger partial charge in [-0.3, -0.25) is 4.79 Å². The molecule has 1 amide bonds. The Kier molecular flexibility index (Phi) is 6.09. The second-order valence-electron chi connectivity index (χ2n) is 6.95. The molecule has 1 aromatic carbocycles. The van der Waals surface area contributed by atoms with Crippen molar-refractivity contribution in [2.75, 3.05) is 12.4 Å². The van der Waals surface area contributed by atoms with Gasteiger partial charge in [0, 0.05) is 35.5 Å². The normalized spacial score (nSPS) is 14.1. The van der Waals surface area contributed by atoms with Gasteiger partial charge in [-0.15, -0.1) is 10.2 Å². The average Bonchev–Trinajstić information content (AvgIpc) is 3.48. The summed E-state index contributed by atoms with van der Waals surface area (Å²) >= 11 is 1.57. The van der Waals surface area contributed by atoms with Crippen molar-refractivity contribution in [2.24, 2.45) is 0 Å². The molecular weight excluding hydrogens is 390 g/mol. The van der Waals surface area contributed by atoms with Gasteiger partial charge in [-0.05, 0) is 49.3 Å². The minimum Gasteiger partial charge on any atom is -0.493 e. The molecule has 29 heavy (non-hydrogen) atoms. The van der Waals surface area contributed by atoms with E-state index in [2.05, 4.69) is 15.5 Å². The number of carbonyl (C=O) groups is 1. The minimum absolute atomic E-state index is 0.128. The number of hydrogen-bond acceptors (Lipinski definition) is 7. The van der Waals surface area contributed by atoms with Crippen LogP contribution in [0.3, 0.4) is 0 Å². The lowest BCUT2D eigenvalue weighted by atomic mass is 10.2. The number of rotatable bonds is 8. The van der Waals surface area contributed by atoms with E-state index in [0.29, 0.717) is 35.4 Å². The highest BCUT2D eigenvalue weighted by molar-refractivity contribution is 7.08. The van der Waals surface area contributed by atoms with Gasteiger partial charge in [0.15, 0.2) is 11.5 Å². The number of ether oxygens (including phenoxy) is 2. The Bertz CT molecular complexity index is 949. The van der Waals surface area contributed by atoms with Gasteiger partial charge in [-0.25, -0.2) is 0 Å². The van der Waals surface area contributed by atoms with Crippen LogP contribution in [0.5, 0.6) is 11.5 Å². The molecule has 1 fully saturated rings. The van der Waals surface area contributed by atoms with Crippen molar-refractivity contribution in [1.82, 2.24) is 10.2 Å². The maximum Gasteiger partial charge on any atom is 0.248 e. The first kappa shape index (κ1) is 19.4. The summed E-state index contributed by atoms with van der Waals surface area (Å²) in [6.45, 7) is 0. The molecule has 0 unspecified atom stereocenters. The van der Waals surface area contributed by atoms with Gasteiger partial charge < -0.3 is 19.2 Å². The topological polar surface area (TPSA) is 86.5 Å². The Hall–Kier alpha value is -2.87. The molecule has 1 aliphatic carbocycles. The maximum atomic E-state index is 12.4. The third-order valence-corrected chi connectivity index (χ3v) is 5.53. The molecule has 4 rings (SSSR count). The number of amides is 1. The zero-order chi connectivity index (χ0) is 20.1. The summed E-state index contributed by atoms with van der Waals surface area (Å²) in [5.74, 6) is 2.13. The van der Waals surface area contributed by atoms with Gasteiger partial charge in [0.05, 0.1) is 13.2 Å². The molecule has 0 saturated heterocycles. The smallest absolute Gasteiger partial charge is 0.248 e. The maximum absolute atomic E-state index is 12.4. The van der Waals surface area contributed by atoms with Crippen LogP contribution in [0.2, 0.25) is 0 Å². The Morgan fingerprint density at radius 2 is 2.10 bits per heavy atom. The van der Waals surface area contributed by atoms with Crippen LogP contribution in [-0.2, 0) is 11.2 Å². The van der Waals surface area contributed by atoms with Crippen LogP contribution < -0.4 is 14.8 Å². The highest BCUT2D eigenvalue weighted by Gasteiger charge is 2.19. The molecule has 3 aromatic rings. The number of aryl methyl sites for hydroxylation is 1. The molecule has 152 valence electrons. The second-order valence-corrected chi connectivity index (χ2v) is 7.73. The summed E-state index contributed by atoms with van der Waals surface area (Å²) in [7, 11) is 1.61. The number of aromatic nitrogens is 2. The van der Waals surface area contributed by atoms with Gasteiger partial charge in [0.25, 0.3) is 0 Å². The van der Waals surface area contributed by atoms with Gasteiger partial charge in [-0.2, -0.15) is 11.3 Å². The van der Waals surface area contributed by atoms with Crippen LogP contribution in [0.15, 0.2) is 39.4 Å². The lowest BCUT2D eigenvalue weighted by molar-refractivity contribution is -0.116. The van der Waals surface area contributed by atoms with Crippen molar-refractivity contribution >= 4 is 22.9 Å². The predicted octanol–water partition coefficient (Wildman–Crippen LogP) is 4.70. The van der Waals surface area contributed by atoms with E-state index in [1.54, 1.807) is 24.5 Å². The van der Waals surface area contributed by atoms with E-state index in [9.17, 15) is 4.79 Å². The lowest BCUT2D eigenvalue weighted by Crippen LogP contribution is -2.14. The number of methoxy groups -OCH3 is 1. The minimum atomic E-state index is -0.128. The molecule has 0 radical (unpaired) electrons.